The third-order valence-electron chi connectivity index (χ3n) is 3.15. The molecule has 92 valence electrons. The first-order valence-electron chi connectivity index (χ1n) is 5.96. The molecule has 1 heterocycles. The van der Waals surface area contributed by atoms with Gasteiger partial charge in [-0.25, -0.2) is 4.79 Å². The van der Waals surface area contributed by atoms with Gasteiger partial charge in [0.15, 0.2) is 0 Å². The summed E-state index contributed by atoms with van der Waals surface area (Å²) in [6, 6.07) is 7.19. The highest BCUT2D eigenvalue weighted by Crippen LogP contribution is 2.18. The summed E-state index contributed by atoms with van der Waals surface area (Å²) < 4.78 is 0. The Labute approximate surface area is 107 Å². The van der Waals surface area contributed by atoms with Crippen molar-refractivity contribution in [1.82, 2.24) is 4.90 Å². The molecule has 1 saturated heterocycles. The summed E-state index contributed by atoms with van der Waals surface area (Å²) in [5, 5.41) is 3.50. The third-order valence-corrected chi connectivity index (χ3v) is 3.38. The van der Waals surface area contributed by atoms with Crippen molar-refractivity contribution in [2.24, 2.45) is 5.92 Å². The number of nitrogens with zero attached hydrogens (tertiary/aromatic N) is 1. The van der Waals surface area contributed by atoms with Gasteiger partial charge in [-0.2, -0.15) is 0 Å². The number of carbonyl (C=O) groups excluding carboxylic acids is 1. The van der Waals surface area contributed by atoms with Crippen molar-refractivity contribution in [2.75, 3.05) is 18.4 Å². The molecule has 17 heavy (non-hydrogen) atoms. The summed E-state index contributed by atoms with van der Waals surface area (Å²) in [6.07, 6.45) is 2.17. The van der Waals surface area contributed by atoms with E-state index in [-0.39, 0.29) is 6.03 Å². The van der Waals surface area contributed by atoms with Crippen molar-refractivity contribution in [1.29, 1.82) is 0 Å². The zero-order valence-corrected chi connectivity index (χ0v) is 10.7. The Balaban J connectivity index is 1.93. The van der Waals surface area contributed by atoms with Crippen LogP contribution in [0.2, 0.25) is 5.02 Å². The number of nitrogens with one attached hydrogen (secondary N) is 1. The highest BCUT2D eigenvalue weighted by atomic mass is 35.5. The Morgan fingerprint density at radius 2 is 2.12 bits per heavy atom. The molecule has 1 aromatic rings. The summed E-state index contributed by atoms with van der Waals surface area (Å²) in [5.41, 5.74) is 0.751. The molecule has 0 spiro atoms. The summed E-state index contributed by atoms with van der Waals surface area (Å²) in [7, 11) is 0. The standard InChI is InChI=1S/C13H17ClN2O/c1-10-5-7-16(8-6-10)13(17)15-12-4-2-3-11(14)9-12/h2-4,9-10H,5-8H2,1H3,(H,15,17). The van der Waals surface area contributed by atoms with Crippen LogP contribution in [-0.2, 0) is 0 Å². The second kappa shape index (κ2) is 5.41. The lowest BCUT2D eigenvalue weighted by Gasteiger charge is -2.30. The van der Waals surface area contributed by atoms with Crippen molar-refractivity contribution in [3.63, 3.8) is 0 Å². The Morgan fingerprint density at radius 3 is 2.76 bits per heavy atom. The minimum absolute atomic E-state index is 0.0285. The summed E-state index contributed by atoms with van der Waals surface area (Å²) in [4.78, 5) is 13.8. The molecule has 2 amide bonds. The number of likely N-dealkylation sites (tertiary alicyclic amines) is 1. The quantitative estimate of drug-likeness (QED) is 0.814. The van der Waals surface area contributed by atoms with Crippen LogP contribution in [0.25, 0.3) is 0 Å². The predicted octanol–water partition coefficient (Wildman–Crippen LogP) is 3.60. The lowest BCUT2D eigenvalue weighted by atomic mass is 10.00. The van der Waals surface area contributed by atoms with Gasteiger partial charge >= 0.3 is 6.03 Å². The van der Waals surface area contributed by atoms with E-state index in [0.717, 1.165) is 37.5 Å². The number of rotatable bonds is 1. The number of piperidine rings is 1. The Hall–Kier alpha value is -1.22. The number of carbonyl (C=O) groups is 1. The molecule has 2 rings (SSSR count). The fraction of sp³-hybridized carbons (Fsp3) is 0.462. The van der Waals surface area contributed by atoms with Gasteiger partial charge in [0.05, 0.1) is 0 Å². The van der Waals surface area contributed by atoms with Crippen LogP contribution in [0.3, 0.4) is 0 Å². The first-order chi connectivity index (χ1) is 8.15. The van der Waals surface area contributed by atoms with E-state index < -0.39 is 0 Å². The average molecular weight is 253 g/mol. The van der Waals surface area contributed by atoms with Crippen molar-refractivity contribution in [3.05, 3.63) is 29.3 Å². The Morgan fingerprint density at radius 1 is 1.41 bits per heavy atom. The van der Waals surface area contributed by atoms with Gasteiger partial charge in [0.25, 0.3) is 0 Å². The number of halogens is 1. The van der Waals surface area contributed by atoms with Crippen LogP contribution in [0.1, 0.15) is 19.8 Å². The van der Waals surface area contributed by atoms with Gasteiger partial charge in [-0.1, -0.05) is 24.6 Å². The lowest BCUT2D eigenvalue weighted by molar-refractivity contribution is 0.186. The smallest absolute Gasteiger partial charge is 0.321 e. The van der Waals surface area contributed by atoms with Crippen molar-refractivity contribution in [2.45, 2.75) is 19.8 Å². The number of amides is 2. The van der Waals surface area contributed by atoms with Crippen LogP contribution in [0.15, 0.2) is 24.3 Å². The summed E-state index contributed by atoms with van der Waals surface area (Å²) in [5.74, 6) is 0.727. The maximum atomic E-state index is 12.0. The number of hydrogen-bond acceptors (Lipinski definition) is 1. The van der Waals surface area contributed by atoms with E-state index in [2.05, 4.69) is 12.2 Å². The molecule has 4 heteroatoms. The van der Waals surface area contributed by atoms with Crippen molar-refractivity contribution < 1.29 is 4.79 Å². The molecule has 0 bridgehead atoms. The second-order valence-corrected chi connectivity index (χ2v) is 5.05. The molecule has 0 aliphatic carbocycles. The highest BCUT2D eigenvalue weighted by molar-refractivity contribution is 6.30. The van der Waals surface area contributed by atoms with Gasteiger partial charge in [-0.15, -0.1) is 0 Å². The molecule has 3 nitrogen and oxygen atoms in total. The molecule has 0 atom stereocenters. The van der Waals surface area contributed by atoms with Crippen LogP contribution in [0.4, 0.5) is 10.5 Å². The van der Waals surface area contributed by atoms with E-state index in [0.29, 0.717) is 5.02 Å². The number of hydrogen-bond donors (Lipinski definition) is 1. The molecule has 1 N–H and O–H groups in total. The van der Waals surface area contributed by atoms with E-state index in [1.165, 1.54) is 0 Å². The molecule has 1 fully saturated rings. The van der Waals surface area contributed by atoms with Crippen LogP contribution < -0.4 is 5.32 Å². The largest absolute Gasteiger partial charge is 0.325 e. The first-order valence-corrected chi connectivity index (χ1v) is 6.34. The monoisotopic (exact) mass is 252 g/mol. The van der Waals surface area contributed by atoms with E-state index in [4.69, 9.17) is 11.6 Å². The molecule has 0 aromatic heterocycles. The zero-order chi connectivity index (χ0) is 12.3. The molecule has 0 unspecified atom stereocenters. The number of urea groups is 1. The van der Waals surface area contributed by atoms with Gasteiger partial charge in [-0.3, -0.25) is 0 Å². The van der Waals surface area contributed by atoms with Crippen LogP contribution >= 0.6 is 11.6 Å². The number of anilines is 1. The highest BCUT2D eigenvalue weighted by Gasteiger charge is 2.20. The minimum Gasteiger partial charge on any atom is -0.325 e. The van der Waals surface area contributed by atoms with Gasteiger partial charge < -0.3 is 10.2 Å². The molecule has 0 saturated carbocycles. The SMILES string of the molecule is CC1CCN(C(=O)Nc2cccc(Cl)c2)CC1. The Bertz CT molecular complexity index is 400. The van der Waals surface area contributed by atoms with Crippen LogP contribution in [-0.4, -0.2) is 24.0 Å². The maximum Gasteiger partial charge on any atom is 0.321 e. The van der Waals surface area contributed by atoms with Crippen LogP contribution in [0, 0.1) is 5.92 Å². The van der Waals surface area contributed by atoms with E-state index >= 15 is 0 Å². The van der Waals surface area contributed by atoms with Crippen molar-refractivity contribution in [3.8, 4) is 0 Å². The molecular weight excluding hydrogens is 236 g/mol. The molecule has 0 radical (unpaired) electrons. The normalized spacial score (nSPS) is 16.9. The number of benzene rings is 1. The minimum atomic E-state index is -0.0285. The van der Waals surface area contributed by atoms with E-state index in [1.54, 1.807) is 12.1 Å². The molecule has 1 aliphatic rings. The fourth-order valence-corrected chi connectivity index (χ4v) is 2.17. The molecular formula is C13H17ClN2O. The van der Waals surface area contributed by atoms with Crippen molar-refractivity contribution >= 4 is 23.3 Å². The molecule has 1 aliphatic heterocycles. The second-order valence-electron chi connectivity index (χ2n) is 4.61. The van der Waals surface area contributed by atoms with E-state index in [9.17, 15) is 4.79 Å². The van der Waals surface area contributed by atoms with Gasteiger partial charge in [-0.05, 0) is 37.0 Å². The summed E-state index contributed by atoms with van der Waals surface area (Å²) in [6.45, 7) is 3.91. The lowest BCUT2D eigenvalue weighted by Crippen LogP contribution is -2.40. The third kappa shape index (κ3) is 3.37. The molecule has 1 aromatic carbocycles. The Kier molecular flexibility index (Phi) is 3.89. The topological polar surface area (TPSA) is 32.3 Å². The predicted molar refractivity (Wildman–Crippen MR) is 70.4 cm³/mol. The van der Waals surface area contributed by atoms with Crippen LogP contribution in [0.5, 0.6) is 0 Å². The van der Waals surface area contributed by atoms with Gasteiger partial charge in [0.1, 0.15) is 0 Å². The first kappa shape index (κ1) is 12.2. The zero-order valence-electron chi connectivity index (χ0n) is 9.95. The average Bonchev–Trinajstić information content (AvgIpc) is 2.29. The maximum absolute atomic E-state index is 12.0. The van der Waals surface area contributed by atoms with Gasteiger partial charge in [0, 0.05) is 23.8 Å². The van der Waals surface area contributed by atoms with E-state index in [1.807, 2.05) is 17.0 Å². The van der Waals surface area contributed by atoms with Gasteiger partial charge in [0.2, 0.25) is 0 Å². The fourth-order valence-electron chi connectivity index (χ4n) is 1.98. The summed E-state index contributed by atoms with van der Waals surface area (Å²) >= 11 is 5.87.